The summed E-state index contributed by atoms with van der Waals surface area (Å²) in [6, 6.07) is 22.4. The zero-order valence-corrected chi connectivity index (χ0v) is 41.3. The van der Waals surface area contributed by atoms with Crippen LogP contribution in [0.3, 0.4) is 0 Å². The van der Waals surface area contributed by atoms with Crippen LogP contribution < -0.4 is 29.6 Å². The highest BCUT2D eigenvalue weighted by atomic mass is 35.5. The van der Waals surface area contributed by atoms with Crippen molar-refractivity contribution in [2.45, 2.75) is 13.8 Å². The SMILES string of the molecule is C=CC(=O)Nc1ccc(F)c(-c2ncc3cc(-c4c(Cl)c(OC)cc(OC)c4Cl)ccc3n2)c1.C=CC(=O)Nc1cccc(F)c1-c1ncc2cc(-c3c(Cl)c(OC)cc(OC)c3Cl)ccc2n1.CC. The highest BCUT2D eigenvalue weighted by Crippen LogP contribution is 2.48. The fraction of sp³-hybridized carbons (Fsp3) is 0.115. The van der Waals surface area contributed by atoms with Gasteiger partial charge < -0.3 is 29.6 Å². The Bertz CT molecular complexity index is 3270. The maximum absolute atomic E-state index is 14.7. The van der Waals surface area contributed by atoms with Gasteiger partial charge in [-0.05, 0) is 77.9 Å². The normalized spacial score (nSPS) is 10.5. The average Bonchev–Trinajstić information content (AvgIpc) is 3.37. The van der Waals surface area contributed by atoms with E-state index in [1.165, 1.54) is 58.8 Å². The minimum atomic E-state index is -0.570. The van der Waals surface area contributed by atoms with Crippen molar-refractivity contribution >= 4 is 91.4 Å². The van der Waals surface area contributed by atoms with Crippen LogP contribution in [0.2, 0.25) is 20.1 Å². The largest absolute Gasteiger partial charge is 0.495 e. The van der Waals surface area contributed by atoms with Gasteiger partial charge in [0.1, 0.15) is 34.6 Å². The Labute approximate surface area is 421 Å². The second-order valence-corrected chi connectivity index (χ2v) is 15.8. The van der Waals surface area contributed by atoms with Gasteiger partial charge >= 0.3 is 0 Å². The van der Waals surface area contributed by atoms with E-state index in [0.717, 1.165) is 12.2 Å². The number of carbonyl (C=O) groups is 2. The molecule has 2 N–H and O–H groups in total. The second kappa shape index (κ2) is 23.3. The smallest absolute Gasteiger partial charge is 0.247 e. The van der Waals surface area contributed by atoms with Gasteiger partial charge in [-0.25, -0.2) is 28.7 Å². The summed E-state index contributed by atoms with van der Waals surface area (Å²) in [5, 5.41) is 7.88. The summed E-state index contributed by atoms with van der Waals surface area (Å²) in [5.74, 6) is -0.00259. The van der Waals surface area contributed by atoms with Crippen molar-refractivity contribution in [1.82, 2.24) is 19.9 Å². The van der Waals surface area contributed by atoms with Crippen molar-refractivity contribution in [1.29, 1.82) is 0 Å². The van der Waals surface area contributed by atoms with Crippen molar-refractivity contribution < 1.29 is 37.3 Å². The van der Waals surface area contributed by atoms with Crippen LogP contribution in [0.4, 0.5) is 20.2 Å². The molecule has 18 heteroatoms. The van der Waals surface area contributed by atoms with E-state index in [1.807, 2.05) is 26.0 Å². The number of anilines is 2. The molecule has 0 unspecified atom stereocenters. The van der Waals surface area contributed by atoms with E-state index in [2.05, 4.69) is 43.7 Å². The predicted molar refractivity (Wildman–Crippen MR) is 276 cm³/mol. The number of carbonyl (C=O) groups excluding carboxylic acids is 2. The first-order valence-electron chi connectivity index (χ1n) is 20.9. The summed E-state index contributed by atoms with van der Waals surface area (Å²) in [6.45, 7) is 10.8. The van der Waals surface area contributed by atoms with E-state index >= 15 is 0 Å². The van der Waals surface area contributed by atoms with Crippen molar-refractivity contribution in [3.05, 3.63) is 154 Å². The van der Waals surface area contributed by atoms with Crippen molar-refractivity contribution in [2.24, 2.45) is 0 Å². The number of amides is 2. The number of rotatable bonds is 12. The molecule has 8 rings (SSSR count). The highest BCUT2D eigenvalue weighted by molar-refractivity contribution is 6.42. The lowest BCUT2D eigenvalue weighted by molar-refractivity contribution is -0.112. The van der Waals surface area contributed by atoms with Gasteiger partial charge in [0.05, 0.1) is 76.4 Å². The number of benzene rings is 6. The number of nitrogens with one attached hydrogen (secondary N) is 2. The van der Waals surface area contributed by atoms with Gasteiger partial charge in [0.25, 0.3) is 0 Å². The lowest BCUT2D eigenvalue weighted by atomic mass is 10.0. The van der Waals surface area contributed by atoms with Gasteiger partial charge in [0.15, 0.2) is 11.6 Å². The Morgan fingerprint density at radius 1 is 0.557 bits per heavy atom. The fourth-order valence-corrected chi connectivity index (χ4v) is 8.35. The molecule has 0 spiro atoms. The summed E-state index contributed by atoms with van der Waals surface area (Å²) in [5.41, 5.74) is 4.48. The minimum absolute atomic E-state index is 0.0762. The molecule has 6 aromatic carbocycles. The van der Waals surface area contributed by atoms with Crippen LogP contribution in [-0.4, -0.2) is 60.2 Å². The van der Waals surface area contributed by atoms with E-state index in [4.69, 9.17) is 65.4 Å². The van der Waals surface area contributed by atoms with Crippen LogP contribution in [-0.2, 0) is 9.59 Å². The maximum atomic E-state index is 14.7. The predicted octanol–water partition coefficient (Wildman–Crippen LogP) is 14.1. The maximum Gasteiger partial charge on any atom is 0.247 e. The van der Waals surface area contributed by atoms with Crippen LogP contribution in [0.15, 0.2) is 123 Å². The molecule has 0 saturated carbocycles. The number of hydrogen-bond donors (Lipinski definition) is 2. The van der Waals surface area contributed by atoms with Crippen molar-refractivity contribution in [3.63, 3.8) is 0 Å². The number of nitrogens with zero attached hydrogens (tertiary/aromatic N) is 4. The molecule has 8 aromatic rings. The van der Waals surface area contributed by atoms with Crippen LogP contribution in [0.1, 0.15) is 13.8 Å². The monoisotopic (exact) mass is 1020 g/mol. The van der Waals surface area contributed by atoms with Gasteiger partial charge in [-0.2, -0.15) is 0 Å². The summed E-state index contributed by atoms with van der Waals surface area (Å²) in [4.78, 5) is 41.0. The van der Waals surface area contributed by atoms with E-state index in [1.54, 1.807) is 54.9 Å². The van der Waals surface area contributed by atoms with Gasteiger partial charge in [-0.3, -0.25) is 9.59 Å². The lowest BCUT2D eigenvalue weighted by Gasteiger charge is -2.15. The zero-order chi connectivity index (χ0) is 50.8. The van der Waals surface area contributed by atoms with Crippen LogP contribution in [0.25, 0.3) is 66.8 Å². The van der Waals surface area contributed by atoms with Gasteiger partial charge in [0, 0.05) is 52.1 Å². The number of methoxy groups -OCH3 is 4. The first kappa shape index (κ1) is 52.0. The van der Waals surface area contributed by atoms with E-state index in [9.17, 15) is 18.4 Å². The molecule has 0 atom stereocenters. The van der Waals surface area contributed by atoms with Crippen molar-refractivity contribution in [2.75, 3.05) is 39.1 Å². The molecule has 2 amide bonds. The van der Waals surface area contributed by atoms with Crippen LogP contribution >= 0.6 is 46.4 Å². The third-order valence-corrected chi connectivity index (χ3v) is 11.7. The fourth-order valence-electron chi connectivity index (χ4n) is 6.91. The molecule has 0 aliphatic heterocycles. The molecule has 0 aliphatic carbocycles. The molecule has 0 aliphatic rings. The molecule has 0 fully saturated rings. The van der Waals surface area contributed by atoms with Crippen molar-refractivity contribution in [3.8, 4) is 68.0 Å². The molecule has 2 heterocycles. The molecular weight excluding hydrogens is 984 g/mol. The average molecular weight is 1030 g/mol. The second-order valence-electron chi connectivity index (χ2n) is 14.2. The Morgan fingerprint density at radius 3 is 1.49 bits per heavy atom. The Hall–Kier alpha value is -7.36. The first-order valence-corrected chi connectivity index (χ1v) is 22.4. The Kier molecular flexibility index (Phi) is 17.3. The topological polar surface area (TPSA) is 147 Å². The van der Waals surface area contributed by atoms with Gasteiger partial charge in [-0.15, -0.1) is 0 Å². The third-order valence-electron chi connectivity index (χ3n) is 10.2. The van der Waals surface area contributed by atoms with E-state index in [-0.39, 0.29) is 28.5 Å². The Balaban J connectivity index is 0.000000222. The molecule has 0 saturated heterocycles. The molecule has 12 nitrogen and oxygen atoms in total. The lowest BCUT2D eigenvalue weighted by Crippen LogP contribution is -2.09. The highest BCUT2D eigenvalue weighted by Gasteiger charge is 2.22. The first-order chi connectivity index (χ1) is 33.7. The molecular formula is C52H42Cl4F2N6O6. The zero-order valence-electron chi connectivity index (χ0n) is 38.3. The molecule has 70 heavy (non-hydrogen) atoms. The van der Waals surface area contributed by atoms with E-state index in [0.29, 0.717) is 92.8 Å². The summed E-state index contributed by atoms with van der Waals surface area (Å²) in [7, 11) is 6.02. The number of fused-ring (bicyclic) bond motifs is 2. The summed E-state index contributed by atoms with van der Waals surface area (Å²) < 4.78 is 50.6. The molecule has 0 radical (unpaired) electrons. The number of hydrogen-bond acceptors (Lipinski definition) is 10. The van der Waals surface area contributed by atoms with Gasteiger partial charge in [0.2, 0.25) is 11.8 Å². The minimum Gasteiger partial charge on any atom is -0.495 e. The number of ether oxygens (including phenoxy) is 4. The van der Waals surface area contributed by atoms with Gasteiger partial charge in [-0.1, -0.05) is 91.6 Å². The third kappa shape index (κ3) is 11.1. The standard InChI is InChI=1S/2C25H18Cl2FN3O3.C2H6/c1-4-21(32)30-15-6-7-17(28)16(10-15)25-29-12-14-9-13(5-8-18(14)31-25)22-23(26)19(33-2)11-20(34-3)24(22)27;1-4-20(32)30-17-7-5-6-15(28)22(17)25-29-12-14-10-13(8-9-16(14)31-25)21-23(26)18(33-2)11-19(34-3)24(21)27;1-2/h2*4-12H,1H2,2-3H3,(H,30,32);1-2H3. The quantitative estimate of drug-likeness (QED) is 0.113. The molecule has 2 aromatic heterocycles. The van der Waals surface area contributed by atoms with Crippen LogP contribution in [0.5, 0.6) is 23.0 Å². The Morgan fingerprint density at radius 2 is 1.01 bits per heavy atom. The molecule has 358 valence electrons. The van der Waals surface area contributed by atoms with E-state index < -0.39 is 23.4 Å². The summed E-state index contributed by atoms with van der Waals surface area (Å²) in [6.07, 6.45) is 5.37. The van der Waals surface area contributed by atoms with Crippen LogP contribution in [0, 0.1) is 11.6 Å². The number of aromatic nitrogens is 4. The molecule has 0 bridgehead atoms. The summed E-state index contributed by atoms with van der Waals surface area (Å²) >= 11 is 26.2. The number of halogens is 6.